The Morgan fingerprint density at radius 1 is 1.43 bits per heavy atom. The molecule has 1 atom stereocenters. The van der Waals surface area contributed by atoms with E-state index in [0.29, 0.717) is 0 Å². The number of likely N-dealkylation sites (tertiary alicyclic amines) is 1. The van der Waals surface area contributed by atoms with Crippen molar-refractivity contribution >= 4 is 11.3 Å². The zero-order valence-corrected chi connectivity index (χ0v) is 10.5. The fourth-order valence-corrected chi connectivity index (χ4v) is 3.01. The standard InChI is InChI=1S/C10H15NS.C2H6/c1-8-4-6-12-10(8)9-3-5-11(2)7-9;1-2/h4,6,9H,3,5,7H2,1-2H3;1-2H3. The maximum absolute atomic E-state index is 2.42. The van der Waals surface area contributed by atoms with Crippen LogP contribution < -0.4 is 0 Å². The third-order valence-corrected chi connectivity index (χ3v) is 3.85. The molecule has 1 aromatic heterocycles. The van der Waals surface area contributed by atoms with Gasteiger partial charge in [-0.25, -0.2) is 0 Å². The number of hydrogen-bond acceptors (Lipinski definition) is 2. The molecular formula is C12H21NS. The molecule has 1 saturated heterocycles. The van der Waals surface area contributed by atoms with Gasteiger partial charge in [-0.1, -0.05) is 13.8 Å². The molecule has 1 nitrogen and oxygen atoms in total. The molecule has 0 radical (unpaired) electrons. The summed E-state index contributed by atoms with van der Waals surface area (Å²) in [5.41, 5.74) is 1.49. The highest BCUT2D eigenvalue weighted by atomic mass is 32.1. The first kappa shape index (κ1) is 11.7. The molecule has 0 spiro atoms. The summed E-state index contributed by atoms with van der Waals surface area (Å²) in [7, 11) is 2.21. The Kier molecular flexibility index (Phi) is 4.63. The largest absolute Gasteiger partial charge is 0.306 e. The molecule has 1 aromatic rings. The van der Waals surface area contributed by atoms with Gasteiger partial charge in [0.2, 0.25) is 0 Å². The second-order valence-corrected chi connectivity index (χ2v) is 4.66. The lowest BCUT2D eigenvalue weighted by atomic mass is 10.0. The van der Waals surface area contributed by atoms with E-state index >= 15 is 0 Å². The second kappa shape index (κ2) is 5.52. The molecule has 0 N–H and O–H groups in total. The fraction of sp³-hybridized carbons (Fsp3) is 0.667. The van der Waals surface area contributed by atoms with Gasteiger partial charge in [0.15, 0.2) is 0 Å². The van der Waals surface area contributed by atoms with Gasteiger partial charge < -0.3 is 4.90 Å². The summed E-state index contributed by atoms with van der Waals surface area (Å²) in [5, 5.41) is 2.21. The van der Waals surface area contributed by atoms with Crippen LogP contribution >= 0.6 is 11.3 Å². The van der Waals surface area contributed by atoms with E-state index in [0.717, 1.165) is 5.92 Å². The number of likely N-dealkylation sites (N-methyl/N-ethyl adjacent to an activating group) is 1. The van der Waals surface area contributed by atoms with Crippen LogP contribution in [0.1, 0.15) is 36.6 Å². The number of rotatable bonds is 1. The molecule has 0 aliphatic carbocycles. The highest BCUT2D eigenvalue weighted by Crippen LogP contribution is 2.32. The maximum Gasteiger partial charge on any atom is 0.0119 e. The lowest BCUT2D eigenvalue weighted by Gasteiger charge is -2.09. The lowest BCUT2D eigenvalue weighted by Crippen LogP contribution is -2.13. The topological polar surface area (TPSA) is 3.24 Å². The quantitative estimate of drug-likeness (QED) is 0.687. The summed E-state index contributed by atoms with van der Waals surface area (Å²) in [6.07, 6.45) is 1.35. The molecule has 0 amide bonds. The van der Waals surface area contributed by atoms with E-state index in [4.69, 9.17) is 0 Å². The van der Waals surface area contributed by atoms with Gasteiger partial charge in [0, 0.05) is 17.3 Å². The fourth-order valence-electron chi connectivity index (χ4n) is 1.95. The van der Waals surface area contributed by atoms with Crippen molar-refractivity contribution < 1.29 is 0 Å². The van der Waals surface area contributed by atoms with Crippen molar-refractivity contribution in [2.75, 3.05) is 20.1 Å². The summed E-state index contributed by atoms with van der Waals surface area (Å²) in [6, 6.07) is 2.23. The van der Waals surface area contributed by atoms with Gasteiger partial charge in [0.05, 0.1) is 0 Å². The van der Waals surface area contributed by atoms with Crippen LogP contribution in [0.5, 0.6) is 0 Å². The van der Waals surface area contributed by atoms with Crippen LogP contribution in [-0.4, -0.2) is 25.0 Å². The number of hydrogen-bond donors (Lipinski definition) is 0. The van der Waals surface area contributed by atoms with Crippen LogP contribution in [0.2, 0.25) is 0 Å². The molecule has 1 aliphatic rings. The molecule has 1 unspecified atom stereocenters. The highest BCUT2D eigenvalue weighted by molar-refractivity contribution is 7.10. The summed E-state index contributed by atoms with van der Waals surface area (Å²) in [5.74, 6) is 0.815. The van der Waals surface area contributed by atoms with Gasteiger partial charge in [-0.15, -0.1) is 11.3 Å². The highest BCUT2D eigenvalue weighted by Gasteiger charge is 2.22. The van der Waals surface area contributed by atoms with Crippen molar-refractivity contribution in [2.24, 2.45) is 0 Å². The Morgan fingerprint density at radius 3 is 2.57 bits per heavy atom. The van der Waals surface area contributed by atoms with Gasteiger partial charge in [-0.05, 0) is 43.9 Å². The van der Waals surface area contributed by atoms with Crippen LogP contribution in [0.3, 0.4) is 0 Å². The lowest BCUT2D eigenvalue weighted by molar-refractivity contribution is 0.412. The van der Waals surface area contributed by atoms with Gasteiger partial charge in [-0.2, -0.15) is 0 Å². The molecule has 80 valence electrons. The Bertz CT molecular complexity index is 267. The molecule has 1 fully saturated rings. The number of thiophene rings is 1. The van der Waals surface area contributed by atoms with Crippen molar-refractivity contribution in [3.63, 3.8) is 0 Å². The molecule has 0 bridgehead atoms. The summed E-state index contributed by atoms with van der Waals surface area (Å²) in [6.45, 7) is 8.74. The average Bonchev–Trinajstić information content (AvgIpc) is 2.78. The minimum Gasteiger partial charge on any atom is -0.306 e. The zero-order valence-electron chi connectivity index (χ0n) is 9.71. The van der Waals surface area contributed by atoms with Gasteiger partial charge in [0.1, 0.15) is 0 Å². The first-order valence-electron chi connectivity index (χ1n) is 5.50. The minimum absolute atomic E-state index is 0.815. The molecule has 0 saturated carbocycles. The summed E-state index contributed by atoms with van der Waals surface area (Å²) < 4.78 is 0. The van der Waals surface area contributed by atoms with Crippen LogP contribution in [0.25, 0.3) is 0 Å². The average molecular weight is 211 g/mol. The van der Waals surface area contributed by atoms with Crippen LogP contribution in [0.4, 0.5) is 0 Å². The van der Waals surface area contributed by atoms with Gasteiger partial charge >= 0.3 is 0 Å². The molecule has 2 heteroatoms. The van der Waals surface area contributed by atoms with Crippen molar-refractivity contribution in [3.8, 4) is 0 Å². The van der Waals surface area contributed by atoms with E-state index in [1.54, 1.807) is 4.88 Å². The summed E-state index contributed by atoms with van der Waals surface area (Å²) >= 11 is 1.92. The Labute approximate surface area is 91.8 Å². The van der Waals surface area contributed by atoms with E-state index in [1.807, 2.05) is 25.2 Å². The monoisotopic (exact) mass is 211 g/mol. The van der Waals surface area contributed by atoms with E-state index in [9.17, 15) is 0 Å². The van der Waals surface area contributed by atoms with E-state index in [1.165, 1.54) is 25.1 Å². The zero-order chi connectivity index (χ0) is 10.6. The SMILES string of the molecule is CC.Cc1ccsc1C1CCN(C)C1. The predicted molar refractivity (Wildman–Crippen MR) is 65.3 cm³/mol. The smallest absolute Gasteiger partial charge is 0.0119 e. The van der Waals surface area contributed by atoms with Gasteiger partial charge in [0.25, 0.3) is 0 Å². The normalized spacial score (nSPS) is 21.9. The van der Waals surface area contributed by atoms with Crippen LogP contribution in [0.15, 0.2) is 11.4 Å². The Hall–Kier alpha value is -0.340. The second-order valence-electron chi connectivity index (χ2n) is 3.72. The molecule has 2 rings (SSSR count). The van der Waals surface area contributed by atoms with Crippen molar-refractivity contribution in [1.82, 2.24) is 4.90 Å². The van der Waals surface area contributed by atoms with E-state index in [-0.39, 0.29) is 0 Å². The summed E-state index contributed by atoms with van der Waals surface area (Å²) in [4.78, 5) is 4.03. The minimum atomic E-state index is 0.815. The molecule has 14 heavy (non-hydrogen) atoms. The third-order valence-electron chi connectivity index (χ3n) is 2.66. The third kappa shape index (κ3) is 2.58. The molecule has 1 aliphatic heterocycles. The van der Waals surface area contributed by atoms with E-state index in [2.05, 4.69) is 30.3 Å². The first-order valence-corrected chi connectivity index (χ1v) is 6.38. The van der Waals surface area contributed by atoms with Gasteiger partial charge in [-0.3, -0.25) is 0 Å². The number of nitrogens with zero attached hydrogens (tertiary/aromatic N) is 1. The predicted octanol–water partition coefficient (Wildman–Crippen LogP) is 3.50. The molecule has 2 heterocycles. The van der Waals surface area contributed by atoms with Crippen molar-refractivity contribution in [3.05, 3.63) is 21.9 Å². The molecular weight excluding hydrogens is 190 g/mol. The van der Waals surface area contributed by atoms with Crippen LogP contribution in [0, 0.1) is 6.92 Å². The Morgan fingerprint density at radius 2 is 2.14 bits per heavy atom. The van der Waals surface area contributed by atoms with Crippen LogP contribution in [-0.2, 0) is 0 Å². The first-order chi connectivity index (χ1) is 6.77. The van der Waals surface area contributed by atoms with E-state index < -0.39 is 0 Å². The maximum atomic E-state index is 2.42. The Balaban J connectivity index is 0.000000461. The van der Waals surface area contributed by atoms with Crippen molar-refractivity contribution in [2.45, 2.75) is 33.1 Å². The van der Waals surface area contributed by atoms with Crippen molar-refractivity contribution in [1.29, 1.82) is 0 Å². The number of aryl methyl sites for hydroxylation is 1. The molecule has 0 aromatic carbocycles.